The van der Waals surface area contributed by atoms with Crippen molar-refractivity contribution in [3.8, 4) is 0 Å². The smallest absolute Gasteiger partial charge is 0.251 e. The van der Waals surface area contributed by atoms with E-state index in [0.29, 0.717) is 37.6 Å². The first-order valence-electron chi connectivity index (χ1n) is 6.18. The summed E-state index contributed by atoms with van der Waals surface area (Å²) in [6.45, 7) is 6.47. The minimum absolute atomic E-state index is 0.106. The zero-order valence-corrected chi connectivity index (χ0v) is 11.0. The highest BCUT2D eigenvalue weighted by Gasteiger charge is 2.06. The van der Waals surface area contributed by atoms with Crippen molar-refractivity contribution in [2.24, 2.45) is 0 Å². The van der Waals surface area contributed by atoms with Crippen molar-refractivity contribution < 1.29 is 9.53 Å². The van der Waals surface area contributed by atoms with E-state index in [-0.39, 0.29) is 5.91 Å². The number of nitrogen functional groups attached to an aromatic ring is 1. The molecule has 0 spiro atoms. The van der Waals surface area contributed by atoms with Crippen LogP contribution in [0.5, 0.6) is 0 Å². The van der Waals surface area contributed by atoms with Crippen molar-refractivity contribution in [2.45, 2.75) is 13.8 Å². The highest BCUT2D eigenvalue weighted by molar-refractivity contribution is 5.96. The number of hydrogen-bond donors (Lipinski definition) is 3. The summed E-state index contributed by atoms with van der Waals surface area (Å²) in [7, 11) is 0. The monoisotopic (exact) mass is 251 g/mol. The summed E-state index contributed by atoms with van der Waals surface area (Å²) in [5, 5.41) is 5.90. The Labute approximate surface area is 108 Å². The zero-order valence-electron chi connectivity index (χ0n) is 11.0. The second kappa shape index (κ2) is 7.55. The summed E-state index contributed by atoms with van der Waals surface area (Å²) in [4.78, 5) is 11.6. The van der Waals surface area contributed by atoms with Crippen LogP contribution >= 0.6 is 0 Å². The number of nitrogens with one attached hydrogen (secondary N) is 2. The van der Waals surface area contributed by atoms with Crippen LogP contribution in [0.2, 0.25) is 0 Å². The van der Waals surface area contributed by atoms with Crippen LogP contribution < -0.4 is 16.4 Å². The molecule has 0 bridgehead atoms. The fraction of sp³-hybridized carbons (Fsp3) is 0.462. The summed E-state index contributed by atoms with van der Waals surface area (Å²) in [6.07, 6.45) is 0. The van der Waals surface area contributed by atoms with Crippen molar-refractivity contribution in [2.75, 3.05) is 37.4 Å². The van der Waals surface area contributed by atoms with E-state index in [2.05, 4.69) is 10.6 Å². The van der Waals surface area contributed by atoms with E-state index in [1.165, 1.54) is 0 Å². The third kappa shape index (κ3) is 4.25. The molecular weight excluding hydrogens is 230 g/mol. The summed E-state index contributed by atoms with van der Waals surface area (Å²) >= 11 is 0. The summed E-state index contributed by atoms with van der Waals surface area (Å²) < 4.78 is 5.22. The quantitative estimate of drug-likeness (QED) is 0.506. The Kier molecular flexibility index (Phi) is 6.00. The van der Waals surface area contributed by atoms with Gasteiger partial charge in [0.15, 0.2) is 0 Å². The Hall–Kier alpha value is -1.75. The molecule has 0 saturated heterocycles. The predicted molar refractivity (Wildman–Crippen MR) is 73.8 cm³/mol. The number of ether oxygens (including phenoxy) is 1. The van der Waals surface area contributed by atoms with Crippen molar-refractivity contribution in [3.05, 3.63) is 23.8 Å². The van der Waals surface area contributed by atoms with Gasteiger partial charge in [-0.15, -0.1) is 0 Å². The second-order valence-electron chi connectivity index (χ2n) is 3.79. The van der Waals surface area contributed by atoms with E-state index >= 15 is 0 Å². The molecule has 0 unspecified atom stereocenters. The number of benzene rings is 1. The Bertz CT molecular complexity index is 394. The number of carbonyl (C=O) groups is 1. The fourth-order valence-corrected chi connectivity index (χ4v) is 1.53. The first-order valence-corrected chi connectivity index (χ1v) is 6.18. The number of hydrogen-bond acceptors (Lipinski definition) is 4. The van der Waals surface area contributed by atoms with Crippen LogP contribution in [0.3, 0.4) is 0 Å². The van der Waals surface area contributed by atoms with Gasteiger partial charge in [0.2, 0.25) is 0 Å². The van der Waals surface area contributed by atoms with Gasteiger partial charge in [0.25, 0.3) is 5.91 Å². The van der Waals surface area contributed by atoms with Gasteiger partial charge in [0.1, 0.15) is 0 Å². The maximum absolute atomic E-state index is 11.6. The normalized spacial score (nSPS) is 10.1. The lowest BCUT2D eigenvalue weighted by atomic mass is 10.1. The molecule has 0 aliphatic carbocycles. The third-order valence-corrected chi connectivity index (χ3v) is 2.42. The lowest BCUT2D eigenvalue weighted by molar-refractivity contribution is 0.0956. The number of rotatable bonds is 7. The standard InChI is InChI=1S/C13H21N3O2/c1-3-15-13(17)10-5-6-12(11(14)9-10)16-7-8-18-4-2/h5-6,9,16H,3-4,7-8,14H2,1-2H3,(H,15,17). The largest absolute Gasteiger partial charge is 0.397 e. The molecule has 1 rings (SSSR count). The summed E-state index contributed by atoms with van der Waals surface area (Å²) in [5.74, 6) is -0.106. The molecule has 1 amide bonds. The Morgan fingerprint density at radius 1 is 1.39 bits per heavy atom. The molecule has 1 aromatic carbocycles. The molecule has 18 heavy (non-hydrogen) atoms. The maximum Gasteiger partial charge on any atom is 0.251 e. The lowest BCUT2D eigenvalue weighted by Crippen LogP contribution is -2.22. The van der Waals surface area contributed by atoms with Gasteiger partial charge >= 0.3 is 0 Å². The topological polar surface area (TPSA) is 76.4 Å². The fourth-order valence-electron chi connectivity index (χ4n) is 1.53. The molecule has 0 aromatic heterocycles. The molecule has 5 heteroatoms. The highest BCUT2D eigenvalue weighted by Crippen LogP contribution is 2.19. The molecule has 1 aromatic rings. The van der Waals surface area contributed by atoms with Crippen molar-refractivity contribution in [3.63, 3.8) is 0 Å². The van der Waals surface area contributed by atoms with E-state index in [1.807, 2.05) is 19.9 Å². The lowest BCUT2D eigenvalue weighted by Gasteiger charge is -2.10. The number of nitrogens with two attached hydrogens (primary N) is 1. The molecule has 100 valence electrons. The maximum atomic E-state index is 11.6. The van der Waals surface area contributed by atoms with E-state index in [9.17, 15) is 4.79 Å². The van der Waals surface area contributed by atoms with Crippen LogP contribution in [0.25, 0.3) is 0 Å². The van der Waals surface area contributed by atoms with Crippen LogP contribution in [-0.4, -0.2) is 32.2 Å². The van der Waals surface area contributed by atoms with Gasteiger partial charge in [-0.1, -0.05) is 0 Å². The number of amides is 1. The van der Waals surface area contributed by atoms with Gasteiger partial charge in [-0.3, -0.25) is 4.79 Å². The van der Waals surface area contributed by atoms with Gasteiger partial charge in [-0.05, 0) is 32.0 Å². The average molecular weight is 251 g/mol. The van der Waals surface area contributed by atoms with Crippen LogP contribution in [0, 0.1) is 0 Å². The SMILES string of the molecule is CCNC(=O)c1ccc(NCCOCC)c(N)c1. The zero-order chi connectivity index (χ0) is 13.4. The minimum atomic E-state index is -0.106. The average Bonchev–Trinajstić information content (AvgIpc) is 2.36. The van der Waals surface area contributed by atoms with Crippen LogP contribution in [0.15, 0.2) is 18.2 Å². The Morgan fingerprint density at radius 3 is 2.78 bits per heavy atom. The van der Waals surface area contributed by atoms with Crippen molar-refractivity contribution in [1.29, 1.82) is 0 Å². The van der Waals surface area contributed by atoms with Gasteiger partial charge in [0.05, 0.1) is 18.0 Å². The van der Waals surface area contributed by atoms with Crippen LogP contribution in [0.4, 0.5) is 11.4 Å². The first-order chi connectivity index (χ1) is 8.69. The van der Waals surface area contributed by atoms with Gasteiger partial charge in [0, 0.05) is 25.3 Å². The van der Waals surface area contributed by atoms with E-state index < -0.39 is 0 Å². The van der Waals surface area contributed by atoms with E-state index in [0.717, 1.165) is 5.69 Å². The van der Waals surface area contributed by atoms with Gasteiger partial charge in [-0.2, -0.15) is 0 Å². The molecule has 0 heterocycles. The van der Waals surface area contributed by atoms with Crippen LogP contribution in [0.1, 0.15) is 24.2 Å². The molecule has 0 aliphatic heterocycles. The van der Waals surface area contributed by atoms with Crippen molar-refractivity contribution >= 4 is 17.3 Å². The summed E-state index contributed by atoms with van der Waals surface area (Å²) in [6, 6.07) is 5.24. The van der Waals surface area contributed by atoms with E-state index in [4.69, 9.17) is 10.5 Å². The second-order valence-corrected chi connectivity index (χ2v) is 3.79. The molecule has 0 atom stereocenters. The molecule has 0 radical (unpaired) electrons. The number of carbonyl (C=O) groups excluding carboxylic acids is 1. The molecule has 0 aliphatic rings. The first kappa shape index (κ1) is 14.3. The van der Waals surface area contributed by atoms with E-state index in [1.54, 1.807) is 12.1 Å². The molecular formula is C13H21N3O2. The minimum Gasteiger partial charge on any atom is -0.397 e. The molecule has 0 fully saturated rings. The third-order valence-electron chi connectivity index (χ3n) is 2.42. The number of anilines is 2. The molecule has 5 nitrogen and oxygen atoms in total. The molecule has 4 N–H and O–H groups in total. The van der Waals surface area contributed by atoms with Gasteiger partial charge in [-0.25, -0.2) is 0 Å². The Balaban J connectivity index is 2.59. The summed E-state index contributed by atoms with van der Waals surface area (Å²) in [5.41, 5.74) is 7.85. The molecule has 0 saturated carbocycles. The van der Waals surface area contributed by atoms with Crippen molar-refractivity contribution in [1.82, 2.24) is 5.32 Å². The van der Waals surface area contributed by atoms with Gasteiger partial charge < -0.3 is 21.1 Å². The Morgan fingerprint density at radius 2 is 2.17 bits per heavy atom. The predicted octanol–water partition coefficient (Wildman–Crippen LogP) is 1.47. The highest BCUT2D eigenvalue weighted by atomic mass is 16.5. The van der Waals surface area contributed by atoms with Crippen LogP contribution in [-0.2, 0) is 4.74 Å².